The van der Waals surface area contributed by atoms with Crippen molar-refractivity contribution in [2.24, 2.45) is 0 Å². The number of hydrogen-bond donors (Lipinski definition) is 1. The molecule has 2 nitrogen and oxygen atoms in total. The van der Waals surface area contributed by atoms with E-state index in [-0.39, 0.29) is 17.1 Å². The molecular weight excluding hydrogens is 301 g/mol. The van der Waals surface area contributed by atoms with Gasteiger partial charge in [0.05, 0.1) is 0 Å². The minimum absolute atomic E-state index is 0.0562. The lowest BCUT2D eigenvalue weighted by Crippen LogP contribution is -2.38. The van der Waals surface area contributed by atoms with Gasteiger partial charge in [0.1, 0.15) is 5.82 Å². The molecule has 0 radical (unpaired) electrons. The molecule has 0 atom stereocenters. The summed E-state index contributed by atoms with van der Waals surface area (Å²) < 4.78 is 12.9. The summed E-state index contributed by atoms with van der Waals surface area (Å²) in [7, 11) is 0. The Labute approximate surface area is 142 Å². The zero-order valence-electron chi connectivity index (χ0n) is 13.7. The molecule has 0 unspecified atom stereocenters. The fourth-order valence-corrected chi connectivity index (χ4v) is 3.47. The van der Waals surface area contributed by atoms with Crippen LogP contribution in [0.1, 0.15) is 36.8 Å². The van der Waals surface area contributed by atoms with Crippen molar-refractivity contribution < 1.29 is 9.18 Å². The normalized spacial score (nSPS) is 16.4. The molecule has 3 rings (SSSR count). The second kappa shape index (κ2) is 7.43. The first-order valence-corrected chi connectivity index (χ1v) is 8.45. The summed E-state index contributed by atoms with van der Waals surface area (Å²) in [5, 5.41) is 3.05. The lowest BCUT2D eigenvalue weighted by molar-refractivity contribution is -0.116. The Bertz CT molecular complexity index is 700. The van der Waals surface area contributed by atoms with E-state index in [1.165, 1.54) is 36.6 Å². The van der Waals surface area contributed by atoms with Crippen LogP contribution in [0.25, 0.3) is 6.08 Å². The van der Waals surface area contributed by atoms with Crippen LogP contribution in [-0.2, 0) is 10.2 Å². The predicted octanol–water partition coefficient (Wildman–Crippen LogP) is 4.47. The van der Waals surface area contributed by atoms with Gasteiger partial charge in [-0.25, -0.2) is 4.39 Å². The Balaban J connectivity index is 1.63. The van der Waals surface area contributed by atoms with Crippen molar-refractivity contribution in [3.8, 4) is 0 Å². The van der Waals surface area contributed by atoms with E-state index in [0.29, 0.717) is 6.54 Å². The van der Waals surface area contributed by atoms with Crippen LogP contribution in [0, 0.1) is 5.82 Å². The van der Waals surface area contributed by atoms with Crippen molar-refractivity contribution >= 4 is 12.0 Å². The first-order chi connectivity index (χ1) is 11.7. The Hall–Kier alpha value is -2.42. The highest BCUT2D eigenvalue weighted by molar-refractivity contribution is 5.91. The summed E-state index contributed by atoms with van der Waals surface area (Å²) in [4.78, 5) is 12.1. The van der Waals surface area contributed by atoms with Crippen molar-refractivity contribution in [2.45, 2.75) is 31.1 Å². The summed E-state index contributed by atoms with van der Waals surface area (Å²) in [6, 6.07) is 16.6. The maximum absolute atomic E-state index is 12.9. The average Bonchev–Trinajstić information content (AvgIpc) is 3.10. The van der Waals surface area contributed by atoms with E-state index in [4.69, 9.17) is 0 Å². The third kappa shape index (κ3) is 3.91. The lowest BCUT2D eigenvalue weighted by Gasteiger charge is -2.29. The molecule has 0 heterocycles. The van der Waals surface area contributed by atoms with Gasteiger partial charge in [0.2, 0.25) is 5.91 Å². The van der Waals surface area contributed by atoms with E-state index in [1.807, 2.05) is 6.07 Å². The molecule has 1 aliphatic rings. The van der Waals surface area contributed by atoms with Crippen LogP contribution in [0.3, 0.4) is 0 Å². The SMILES string of the molecule is O=C(C=Cc1ccc(F)cc1)NCC1(c2ccccc2)CCCC1. The van der Waals surface area contributed by atoms with E-state index in [0.717, 1.165) is 18.4 Å². The summed E-state index contributed by atoms with van der Waals surface area (Å²) in [6.07, 6.45) is 7.85. The van der Waals surface area contributed by atoms with Crippen molar-refractivity contribution in [1.29, 1.82) is 0 Å². The fraction of sp³-hybridized carbons (Fsp3) is 0.286. The van der Waals surface area contributed by atoms with Crippen LogP contribution < -0.4 is 5.32 Å². The van der Waals surface area contributed by atoms with E-state index in [1.54, 1.807) is 18.2 Å². The number of benzene rings is 2. The Kier molecular flexibility index (Phi) is 5.09. The van der Waals surface area contributed by atoms with Gasteiger partial charge in [-0.2, -0.15) is 0 Å². The molecular formula is C21H22FNO. The quantitative estimate of drug-likeness (QED) is 0.808. The zero-order valence-corrected chi connectivity index (χ0v) is 13.7. The molecule has 0 aromatic heterocycles. The fourth-order valence-electron chi connectivity index (χ4n) is 3.47. The Morgan fingerprint density at radius 1 is 1.04 bits per heavy atom. The van der Waals surface area contributed by atoms with Gasteiger partial charge in [-0.05, 0) is 42.2 Å². The molecule has 1 aliphatic carbocycles. The van der Waals surface area contributed by atoms with Crippen LogP contribution >= 0.6 is 0 Å². The van der Waals surface area contributed by atoms with Gasteiger partial charge in [-0.15, -0.1) is 0 Å². The highest BCUT2D eigenvalue weighted by Crippen LogP contribution is 2.40. The molecule has 0 bridgehead atoms. The van der Waals surface area contributed by atoms with Gasteiger partial charge in [-0.1, -0.05) is 55.3 Å². The topological polar surface area (TPSA) is 29.1 Å². The van der Waals surface area contributed by atoms with E-state index >= 15 is 0 Å². The lowest BCUT2D eigenvalue weighted by atomic mass is 9.79. The average molecular weight is 323 g/mol. The van der Waals surface area contributed by atoms with E-state index in [9.17, 15) is 9.18 Å². The van der Waals surface area contributed by atoms with Gasteiger partial charge in [0.25, 0.3) is 0 Å². The van der Waals surface area contributed by atoms with Gasteiger partial charge in [0.15, 0.2) is 0 Å². The first kappa shape index (κ1) is 16.4. The van der Waals surface area contributed by atoms with E-state index < -0.39 is 0 Å². The molecule has 1 amide bonds. The summed E-state index contributed by atoms with van der Waals surface area (Å²) in [6.45, 7) is 0.656. The molecule has 1 N–H and O–H groups in total. The molecule has 0 aliphatic heterocycles. The number of halogens is 1. The van der Waals surface area contributed by atoms with Crippen LogP contribution in [0.15, 0.2) is 60.7 Å². The number of carbonyl (C=O) groups excluding carboxylic acids is 1. The number of rotatable bonds is 5. The van der Waals surface area contributed by atoms with Crippen molar-refractivity contribution in [3.63, 3.8) is 0 Å². The molecule has 1 fully saturated rings. The number of hydrogen-bond acceptors (Lipinski definition) is 1. The summed E-state index contributed by atoms with van der Waals surface area (Å²) in [5.74, 6) is -0.385. The molecule has 1 saturated carbocycles. The standard InChI is InChI=1S/C21H22FNO/c22-19-11-8-17(9-12-19)10-13-20(24)23-16-21(14-4-5-15-21)18-6-2-1-3-7-18/h1-3,6-13H,4-5,14-16H2,(H,23,24). The van der Waals surface area contributed by atoms with Crippen molar-refractivity contribution in [2.75, 3.05) is 6.54 Å². The number of carbonyl (C=O) groups is 1. The molecule has 124 valence electrons. The maximum atomic E-state index is 12.9. The minimum atomic E-state index is -0.275. The molecule has 0 spiro atoms. The monoisotopic (exact) mass is 323 g/mol. The number of nitrogens with one attached hydrogen (secondary N) is 1. The summed E-state index contributed by atoms with van der Waals surface area (Å²) >= 11 is 0. The van der Waals surface area contributed by atoms with Gasteiger partial charge in [0, 0.05) is 18.0 Å². The third-order valence-electron chi connectivity index (χ3n) is 4.84. The molecule has 0 saturated heterocycles. The zero-order chi connectivity index (χ0) is 16.8. The van der Waals surface area contributed by atoms with Crippen LogP contribution in [-0.4, -0.2) is 12.5 Å². The van der Waals surface area contributed by atoms with Gasteiger partial charge in [-0.3, -0.25) is 4.79 Å². The second-order valence-corrected chi connectivity index (χ2v) is 6.46. The minimum Gasteiger partial charge on any atom is -0.352 e. The molecule has 2 aromatic carbocycles. The van der Waals surface area contributed by atoms with Crippen LogP contribution in [0.4, 0.5) is 4.39 Å². The smallest absolute Gasteiger partial charge is 0.244 e. The Morgan fingerprint density at radius 3 is 2.38 bits per heavy atom. The van der Waals surface area contributed by atoms with Crippen molar-refractivity contribution in [3.05, 3.63) is 77.6 Å². The Morgan fingerprint density at radius 2 is 1.71 bits per heavy atom. The molecule has 24 heavy (non-hydrogen) atoms. The van der Waals surface area contributed by atoms with Crippen LogP contribution in [0.5, 0.6) is 0 Å². The predicted molar refractivity (Wildman–Crippen MR) is 95.0 cm³/mol. The molecule has 3 heteroatoms. The number of amides is 1. The highest BCUT2D eigenvalue weighted by atomic mass is 19.1. The first-order valence-electron chi connectivity index (χ1n) is 8.45. The van der Waals surface area contributed by atoms with Gasteiger partial charge < -0.3 is 5.32 Å². The third-order valence-corrected chi connectivity index (χ3v) is 4.84. The van der Waals surface area contributed by atoms with E-state index in [2.05, 4.69) is 29.6 Å². The highest BCUT2D eigenvalue weighted by Gasteiger charge is 2.35. The molecule has 2 aromatic rings. The van der Waals surface area contributed by atoms with Crippen molar-refractivity contribution in [1.82, 2.24) is 5.32 Å². The largest absolute Gasteiger partial charge is 0.352 e. The second-order valence-electron chi connectivity index (χ2n) is 6.46. The van der Waals surface area contributed by atoms with Gasteiger partial charge >= 0.3 is 0 Å². The summed E-state index contributed by atoms with van der Waals surface area (Å²) in [5.41, 5.74) is 2.18. The van der Waals surface area contributed by atoms with Crippen LogP contribution in [0.2, 0.25) is 0 Å². The maximum Gasteiger partial charge on any atom is 0.244 e.